The smallest absolute Gasteiger partial charge is 0.312 e. The van der Waals surface area contributed by atoms with Crippen LogP contribution in [0.1, 0.15) is 5.56 Å². The lowest BCUT2D eigenvalue weighted by atomic mass is 10.2. The van der Waals surface area contributed by atoms with E-state index in [2.05, 4.69) is 26.5 Å². The summed E-state index contributed by atoms with van der Waals surface area (Å²) in [5.74, 6) is -0.507. The molecule has 2 aromatic rings. The van der Waals surface area contributed by atoms with Gasteiger partial charge in [-0.15, -0.1) is 0 Å². The monoisotopic (exact) mass is 380 g/mol. The first-order chi connectivity index (χ1) is 10.9. The number of hydrogen-bond acceptors (Lipinski definition) is 7. The van der Waals surface area contributed by atoms with Crippen molar-refractivity contribution in [2.45, 2.75) is 0 Å². The molecule has 0 heterocycles. The van der Waals surface area contributed by atoms with E-state index in [1.54, 1.807) is 0 Å². The van der Waals surface area contributed by atoms with Gasteiger partial charge < -0.3 is 5.11 Å². The first-order valence-corrected chi connectivity index (χ1v) is 6.88. The number of hydrazone groups is 1. The number of nitrogens with one attached hydrogen (secondary N) is 1. The third kappa shape index (κ3) is 4.01. The van der Waals surface area contributed by atoms with Crippen molar-refractivity contribution in [1.82, 2.24) is 0 Å². The molecule has 0 saturated heterocycles. The summed E-state index contributed by atoms with van der Waals surface area (Å²) in [6.45, 7) is 0. The molecule has 0 spiro atoms. The number of non-ortho nitro benzene ring substituents is 1. The maximum atomic E-state index is 10.8. The van der Waals surface area contributed by atoms with Gasteiger partial charge in [0.1, 0.15) is 0 Å². The molecule has 2 rings (SSSR count). The van der Waals surface area contributed by atoms with Crippen molar-refractivity contribution in [3.8, 4) is 5.75 Å². The van der Waals surface area contributed by atoms with Crippen LogP contribution in [0.25, 0.3) is 0 Å². The van der Waals surface area contributed by atoms with E-state index in [1.165, 1.54) is 42.6 Å². The van der Waals surface area contributed by atoms with Crippen LogP contribution < -0.4 is 5.43 Å². The van der Waals surface area contributed by atoms with Gasteiger partial charge in [-0.25, -0.2) is 0 Å². The van der Waals surface area contributed by atoms with Gasteiger partial charge in [-0.1, -0.05) is 15.9 Å². The van der Waals surface area contributed by atoms with E-state index in [-0.39, 0.29) is 11.3 Å². The molecule has 0 fully saturated rings. The summed E-state index contributed by atoms with van der Waals surface area (Å²) >= 11 is 3.11. The van der Waals surface area contributed by atoms with E-state index in [0.29, 0.717) is 10.2 Å². The molecule has 23 heavy (non-hydrogen) atoms. The zero-order chi connectivity index (χ0) is 17.0. The van der Waals surface area contributed by atoms with Crippen LogP contribution in [0.3, 0.4) is 0 Å². The van der Waals surface area contributed by atoms with E-state index in [9.17, 15) is 25.3 Å². The second-order valence-corrected chi connectivity index (χ2v) is 5.21. The maximum Gasteiger partial charge on any atom is 0.312 e. The molecule has 0 radical (unpaired) electrons. The first kappa shape index (κ1) is 16.4. The number of nitro groups is 2. The lowest BCUT2D eigenvalue weighted by Crippen LogP contribution is -1.95. The number of nitro benzene ring substituents is 2. The molecule has 118 valence electrons. The largest absolute Gasteiger partial charge is 0.502 e. The molecule has 0 aliphatic heterocycles. The molecule has 0 aliphatic carbocycles. The van der Waals surface area contributed by atoms with Crippen LogP contribution >= 0.6 is 15.9 Å². The van der Waals surface area contributed by atoms with Crippen molar-refractivity contribution in [3.63, 3.8) is 0 Å². The first-order valence-electron chi connectivity index (χ1n) is 6.09. The number of hydrogen-bond donors (Lipinski definition) is 2. The van der Waals surface area contributed by atoms with Crippen LogP contribution in [0.5, 0.6) is 5.75 Å². The lowest BCUT2D eigenvalue weighted by Gasteiger charge is -2.02. The highest BCUT2D eigenvalue weighted by Gasteiger charge is 2.17. The molecule has 0 aliphatic rings. The quantitative estimate of drug-likeness (QED) is 0.464. The third-order valence-corrected chi connectivity index (χ3v) is 3.21. The number of phenolic OH excluding ortho intramolecular Hbond substituents is 1. The molecule has 0 aromatic heterocycles. The molecule has 2 N–H and O–H groups in total. The number of aromatic hydroxyl groups is 1. The SMILES string of the molecule is O=[N+]([O-])c1ccc(N/N=C\c2cc(Br)cc([N+](=O)[O-])c2O)cc1. The van der Waals surface area contributed by atoms with Gasteiger partial charge in [-0.3, -0.25) is 25.7 Å². The molecule has 0 bridgehead atoms. The molecule has 10 heteroatoms. The Labute approximate surface area is 137 Å². The molecule has 0 atom stereocenters. The highest BCUT2D eigenvalue weighted by molar-refractivity contribution is 9.10. The Morgan fingerprint density at radius 1 is 1.13 bits per heavy atom. The van der Waals surface area contributed by atoms with Crippen LogP contribution in [-0.4, -0.2) is 21.2 Å². The van der Waals surface area contributed by atoms with E-state index in [0.717, 1.165) is 0 Å². The number of benzene rings is 2. The molecular formula is C13H9BrN4O5. The van der Waals surface area contributed by atoms with Crippen LogP contribution in [0, 0.1) is 20.2 Å². The molecule has 9 nitrogen and oxygen atoms in total. The van der Waals surface area contributed by atoms with Gasteiger partial charge >= 0.3 is 5.69 Å². The van der Waals surface area contributed by atoms with Gasteiger partial charge in [-0.2, -0.15) is 5.10 Å². The van der Waals surface area contributed by atoms with Crippen LogP contribution in [0.2, 0.25) is 0 Å². The molecule has 0 unspecified atom stereocenters. The summed E-state index contributed by atoms with van der Waals surface area (Å²) in [6, 6.07) is 8.16. The average Bonchev–Trinajstić information content (AvgIpc) is 2.50. The number of anilines is 1. The Kier molecular flexibility index (Phi) is 4.86. The second-order valence-electron chi connectivity index (χ2n) is 4.29. The summed E-state index contributed by atoms with van der Waals surface area (Å²) in [5, 5.41) is 35.0. The van der Waals surface area contributed by atoms with Gasteiger partial charge in [0, 0.05) is 28.2 Å². The molecule has 0 saturated carbocycles. The van der Waals surface area contributed by atoms with Gasteiger partial charge in [0.2, 0.25) is 5.75 Å². The zero-order valence-corrected chi connectivity index (χ0v) is 12.9. The number of phenols is 1. The van der Waals surface area contributed by atoms with Crippen LogP contribution in [0.15, 0.2) is 46.0 Å². The number of nitrogens with zero attached hydrogens (tertiary/aromatic N) is 3. The standard InChI is InChI=1S/C13H9BrN4O5/c14-9-5-8(13(19)12(6-9)18(22)23)7-15-16-10-1-3-11(4-2-10)17(20)21/h1-7,16,19H/b15-7-. The predicted molar refractivity (Wildman–Crippen MR) is 86.8 cm³/mol. The summed E-state index contributed by atoms with van der Waals surface area (Å²) in [6.07, 6.45) is 1.20. The molecule has 2 aromatic carbocycles. The molecule has 0 amide bonds. The fraction of sp³-hybridized carbons (Fsp3) is 0. The normalized spacial score (nSPS) is 10.7. The fourth-order valence-electron chi connectivity index (χ4n) is 1.68. The van der Waals surface area contributed by atoms with Gasteiger partial charge in [0.25, 0.3) is 5.69 Å². The Hall–Kier alpha value is -3.01. The van der Waals surface area contributed by atoms with E-state index in [1.807, 2.05) is 0 Å². The molecular weight excluding hydrogens is 372 g/mol. The average molecular weight is 381 g/mol. The van der Waals surface area contributed by atoms with E-state index >= 15 is 0 Å². The number of rotatable bonds is 5. The minimum Gasteiger partial charge on any atom is -0.502 e. The van der Waals surface area contributed by atoms with Crippen molar-refractivity contribution >= 4 is 39.2 Å². The van der Waals surface area contributed by atoms with Gasteiger partial charge in [0.05, 0.1) is 21.7 Å². The topological polar surface area (TPSA) is 131 Å². The van der Waals surface area contributed by atoms with E-state index in [4.69, 9.17) is 0 Å². The summed E-state index contributed by atoms with van der Waals surface area (Å²) in [4.78, 5) is 20.1. The summed E-state index contributed by atoms with van der Waals surface area (Å²) in [5.41, 5.74) is 2.72. The second kappa shape index (κ2) is 6.83. The summed E-state index contributed by atoms with van der Waals surface area (Å²) < 4.78 is 0.416. The minimum absolute atomic E-state index is 0.0558. The minimum atomic E-state index is -0.707. The Bertz CT molecular complexity index is 792. The predicted octanol–water partition coefficient (Wildman–Crippen LogP) is 3.42. The van der Waals surface area contributed by atoms with Crippen molar-refractivity contribution in [1.29, 1.82) is 0 Å². The lowest BCUT2D eigenvalue weighted by molar-refractivity contribution is -0.386. The van der Waals surface area contributed by atoms with E-state index < -0.39 is 21.3 Å². The maximum absolute atomic E-state index is 10.8. The highest BCUT2D eigenvalue weighted by atomic mass is 79.9. The van der Waals surface area contributed by atoms with Crippen LogP contribution in [-0.2, 0) is 0 Å². The van der Waals surface area contributed by atoms with Crippen molar-refractivity contribution in [2.24, 2.45) is 5.10 Å². The van der Waals surface area contributed by atoms with Gasteiger partial charge in [-0.05, 0) is 18.2 Å². The third-order valence-electron chi connectivity index (χ3n) is 2.76. The highest BCUT2D eigenvalue weighted by Crippen LogP contribution is 2.32. The Morgan fingerprint density at radius 2 is 1.78 bits per heavy atom. The summed E-state index contributed by atoms with van der Waals surface area (Å²) in [7, 11) is 0. The van der Waals surface area contributed by atoms with Crippen molar-refractivity contribution < 1.29 is 15.0 Å². The van der Waals surface area contributed by atoms with Crippen molar-refractivity contribution in [2.75, 3.05) is 5.43 Å². The van der Waals surface area contributed by atoms with Crippen LogP contribution in [0.4, 0.5) is 17.1 Å². The Balaban J connectivity index is 2.17. The Morgan fingerprint density at radius 3 is 2.35 bits per heavy atom. The van der Waals surface area contributed by atoms with Crippen molar-refractivity contribution in [3.05, 3.63) is 66.7 Å². The van der Waals surface area contributed by atoms with Gasteiger partial charge in [0.15, 0.2) is 0 Å². The zero-order valence-electron chi connectivity index (χ0n) is 11.3. The number of halogens is 1. The fourth-order valence-corrected chi connectivity index (χ4v) is 2.14.